The lowest BCUT2D eigenvalue weighted by molar-refractivity contribution is 0.199. The smallest absolute Gasteiger partial charge is 0.123 e. The Morgan fingerprint density at radius 3 is 2.67 bits per heavy atom. The lowest BCUT2D eigenvalue weighted by Gasteiger charge is -2.30. The third-order valence-corrected chi connectivity index (χ3v) is 3.93. The molecule has 1 heterocycles. The van der Waals surface area contributed by atoms with E-state index < -0.39 is 0 Å². The summed E-state index contributed by atoms with van der Waals surface area (Å²) in [6.45, 7) is 10.9. The van der Waals surface area contributed by atoms with Crippen molar-refractivity contribution in [1.29, 1.82) is 0 Å². The van der Waals surface area contributed by atoms with Crippen LogP contribution >= 0.6 is 0 Å². The normalized spacial score (nSPS) is 17.1. The van der Waals surface area contributed by atoms with Crippen molar-refractivity contribution in [3.8, 4) is 5.75 Å². The van der Waals surface area contributed by atoms with E-state index in [1.54, 1.807) is 0 Å². The Labute approximate surface area is 128 Å². The first-order chi connectivity index (χ1) is 10.0. The number of hydrogen-bond donors (Lipinski definition) is 2. The van der Waals surface area contributed by atoms with Crippen LogP contribution in [-0.4, -0.2) is 37.2 Å². The number of anilines is 2. The summed E-state index contributed by atoms with van der Waals surface area (Å²) >= 11 is 0. The molecule has 1 aliphatic rings. The number of likely N-dealkylation sites (tertiary alicyclic amines) is 1. The van der Waals surface area contributed by atoms with Crippen molar-refractivity contribution in [2.24, 2.45) is 5.92 Å². The van der Waals surface area contributed by atoms with Gasteiger partial charge in [0.1, 0.15) is 5.75 Å². The number of rotatable bonds is 6. The first-order valence-corrected chi connectivity index (χ1v) is 8.06. The van der Waals surface area contributed by atoms with E-state index in [-0.39, 0.29) is 6.10 Å². The Kier molecular flexibility index (Phi) is 5.74. The second-order valence-electron chi connectivity index (χ2n) is 6.41. The predicted octanol–water partition coefficient (Wildman–Crippen LogP) is 3.20. The van der Waals surface area contributed by atoms with E-state index in [1.165, 1.54) is 25.9 Å². The Hall–Kier alpha value is -1.42. The highest BCUT2D eigenvalue weighted by molar-refractivity contribution is 5.59. The lowest BCUT2D eigenvalue weighted by Crippen LogP contribution is -2.36. The van der Waals surface area contributed by atoms with E-state index in [1.807, 2.05) is 32.0 Å². The van der Waals surface area contributed by atoms with Crippen LogP contribution in [0.3, 0.4) is 0 Å². The van der Waals surface area contributed by atoms with Crippen molar-refractivity contribution in [1.82, 2.24) is 4.90 Å². The van der Waals surface area contributed by atoms with Crippen molar-refractivity contribution in [2.45, 2.75) is 39.7 Å². The highest BCUT2D eigenvalue weighted by Crippen LogP contribution is 2.23. The summed E-state index contributed by atoms with van der Waals surface area (Å²) in [7, 11) is 0. The molecule has 0 saturated carbocycles. The van der Waals surface area contributed by atoms with Crippen LogP contribution in [0.25, 0.3) is 0 Å². The molecule has 1 aromatic rings. The van der Waals surface area contributed by atoms with Crippen molar-refractivity contribution in [3.05, 3.63) is 18.2 Å². The fraction of sp³-hybridized carbons (Fsp3) is 0.647. The molecular formula is C17H29N3O. The van der Waals surface area contributed by atoms with Gasteiger partial charge in [0.2, 0.25) is 0 Å². The fourth-order valence-electron chi connectivity index (χ4n) is 2.71. The molecule has 1 saturated heterocycles. The fourth-order valence-corrected chi connectivity index (χ4v) is 2.71. The topological polar surface area (TPSA) is 50.5 Å². The van der Waals surface area contributed by atoms with E-state index in [2.05, 4.69) is 17.1 Å². The van der Waals surface area contributed by atoms with Crippen LogP contribution in [0.15, 0.2) is 18.2 Å². The zero-order chi connectivity index (χ0) is 15.2. The molecule has 1 fully saturated rings. The Morgan fingerprint density at radius 2 is 2.00 bits per heavy atom. The molecule has 0 radical (unpaired) electrons. The number of benzene rings is 1. The summed E-state index contributed by atoms with van der Waals surface area (Å²) in [6, 6.07) is 5.86. The Morgan fingerprint density at radius 1 is 1.29 bits per heavy atom. The highest BCUT2D eigenvalue weighted by atomic mass is 16.5. The molecule has 3 N–H and O–H groups in total. The average molecular weight is 291 g/mol. The highest BCUT2D eigenvalue weighted by Gasteiger charge is 2.14. The maximum absolute atomic E-state index is 5.93. The van der Waals surface area contributed by atoms with Gasteiger partial charge in [0.05, 0.1) is 6.10 Å². The molecule has 2 rings (SSSR count). The quantitative estimate of drug-likeness (QED) is 0.790. The first-order valence-electron chi connectivity index (χ1n) is 8.06. The summed E-state index contributed by atoms with van der Waals surface area (Å²) in [5.74, 6) is 1.72. The molecule has 0 aliphatic carbocycles. The van der Waals surface area contributed by atoms with Gasteiger partial charge in [0, 0.05) is 36.6 Å². The minimum Gasteiger partial charge on any atom is -0.491 e. The van der Waals surface area contributed by atoms with Gasteiger partial charge in [-0.25, -0.2) is 0 Å². The van der Waals surface area contributed by atoms with Crippen LogP contribution in [0.4, 0.5) is 11.4 Å². The summed E-state index contributed by atoms with van der Waals surface area (Å²) in [6.07, 6.45) is 2.81. The molecule has 118 valence electrons. The van der Waals surface area contributed by atoms with Gasteiger partial charge in [-0.2, -0.15) is 0 Å². The molecule has 4 nitrogen and oxygen atoms in total. The Bertz CT molecular complexity index is 440. The second-order valence-corrected chi connectivity index (χ2v) is 6.41. The van der Waals surface area contributed by atoms with Gasteiger partial charge in [0.15, 0.2) is 0 Å². The van der Waals surface area contributed by atoms with Gasteiger partial charge in [-0.1, -0.05) is 6.92 Å². The van der Waals surface area contributed by atoms with Crippen LogP contribution in [0.2, 0.25) is 0 Å². The van der Waals surface area contributed by atoms with E-state index in [4.69, 9.17) is 10.5 Å². The van der Waals surface area contributed by atoms with Crippen LogP contribution in [0.1, 0.15) is 33.6 Å². The van der Waals surface area contributed by atoms with Gasteiger partial charge in [0.25, 0.3) is 0 Å². The molecule has 21 heavy (non-hydrogen) atoms. The number of nitrogens with two attached hydrogens (primary N) is 1. The van der Waals surface area contributed by atoms with Gasteiger partial charge in [-0.15, -0.1) is 0 Å². The summed E-state index contributed by atoms with van der Waals surface area (Å²) in [5.41, 5.74) is 7.71. The molecule has 0 spiro atoms. The van der Waals surface area contributed by atoms with E-state index in [9.17, 15) is 0 Å². The predicted molar refractivity (Wildman–Crippen MR) is 89.9 cm³/mol. The van der Waals surface area contributed by atoms with Crippen molar-refractivity contribution < 1.29 is 4.74 Å². The van der Waals surface area contributed by atoms with Gasteiger partial charge in [-0.05, 0) is 51.8 Å². The molecular weight excluding hydrogens is 262 g/mol. The van der Waals surface area contributed by atoms with Crippen molar-refractivity contribution in [3.63, 3.8) is 0 Å². The molecule has 0 atom stereocenters. The van der Waals surface area contributed by atoms with E-state index in [0.29, 0.717) is 0 Å². The van der Waals surface area contributed by atoms with E-state index >= 15 is 0 Å². The number of hydrogen-bond acceptors (Lipinski definition) is 4. The second kappa shape index (κ2) is 7.55. The number of nitrogens with zero attached hydrogens (tertiary/aromatic N) is 1. The lowest BCUT2D eigenvalue weighted by atomic mass is 9.99. The molecule has 0 bridgehead atoms. The monoisotopic (exact) mass is 291 g/mol. The number of piperidine rings is 1. The van der Waals surface area contributed by atoms with Gasteiger partial charge >= 0.3 is 0 Å². The zero-order valence-corrected chi connectivity index (χ0v) is 13.6. The Balaban J connectivity index is 1.81. The van der Waals surface area contributed by atoms with Crippen molar-refractivity contribution >= 4 is 11.4 Å². The summed E-state index contributed by atoms with van der Waals surface area (Å²) < 4.78 is 5.71. The van der Waals surface area contributed by atoms with Crippen molar-refractivity contribution in [2.75, 3.05) is 37.2 Å². The third kappa shape index (κ3) is 5.46. The average Bonchev–Trinajstić information content (AvgIpc) is 2.39. The van der Waals surface area contributed by atoms with E-state index in [0.717, 1.165) is 36.1 Å². The maximum atomic E-state index is 5.93. The zero-order valence-electron chi connectivity index (χ0n) is 13.6. The van der Waals surface area contributed by atoms with Gasteiger partial charge in [-0.3, -0.25) is 0 Å². The first kappa shape index (κ1) is 16.0. The third-order valence-electron chi connectivity index (χ3n) is 3.93. The summed E-state index contributed by atoms with van der Waals surface area (Å²) in [5, 5.41) is 3.46. The number of nitrogens with one attached hydrogen (secondary N) is 1. The number of nitrogen functional groups attached to an aromatic ring is 1. The standard InChI is InChI=1S/C17H29N3O/c1-13(2)21-17-11-15(18)10-16(12-17)19-6-9-20-7-4-14(3)5-8-20/h10-14,19H,4-9,18H2,1-3H3. The van der Waals surface area contributed by atoms with Gasteiger partial charge < -0.3 is 20.7 Å². The SMILES string of the molecule is CC1CCN(CCNc2cc(N)cc(OC(C)C)c2)CC1. The minimum atomic E-state index is 0.162. The summed E-state index contributed by atoms with van der Waals surface area (Å²) in [4.78, 5) is 2.53. The van der Waals surface area contributed by atoms with Crippen LogP contribution < -0.4 is 15.8 Å². The molecule has 4 heteroatoms. The molecule has 1 aliphatic heterocycles. The number of ether oxygens (including phenoxy) is 1. The molecule has 1 aromatic carbocycles. The van der Waals surface area contributed by atoms with Crippen LogP contribution in [0.5, 0.6) is 5.75 Å². The molecule has 0 aromatic heterocycles. The molecule has 0 unspecified atom stereocenters. The van der Waals surface area contributed by atoms with Crippen LogP contribution in [0, 0.1) is 5.92 Å². The largest absolute Gasteiger partial charge is 0.491 e. The van der Waals surface area contributed by atoms with Crippen LogP contribution in [-0.2, 0) is 0 Å². The minimum absolute atomic E-state index is 0.162. The molecule has 0 amide bonds. The maximum Gasteiger partial charge on any atom is 0.123 e.